The number of aromatic nitrogens is 2. The number of nitrogens with zero attached hydrogens (tertiary/aromatic N) is 2. The van der Waals surface area contributed by atoms with Crippen LogP contribution in [0, 0.1) is 6.92 Å². The average Bonchev–Trinajstić information content (AvgIpc) is 2.38. The maximum Gasteiger partial charge on any atom is 0.156 e. The van der Waals surface area contributed by atoms with E-state index in [-0.39, 0.29) is 0 Å². The minimum absolute atomic E-state index is 0.567. The van der Waals surface area contributed by atoms with Gasteiger partial charge >= 0.3 is 0 Å². The van der Waals surface area contributed by atoms with Crippen LogP contribution in [-0.4, -0.2) is 28.2 Å². The molecule has 1 heterocycles. The zero-order valence-electron chi connectivity index (χ0n) is 10.4. The summed E-state index contributed by atoms with van der Waals surface area (Å²) in [6, 6.07) is 8.24. The molecule has 17 heavy (non-hydrogen) atoms. The summed E-state index contributed by atoms with van der Waals surface area (Å²) in [6.07, 6.45) is 2.12. The quantitative estimate of drug-likeness (QED) is 0.901. The van der Waals surface area contributed by atoms with Crippen molar-refractivity contribution in [3.8, 4) is 0 Å². The van der Waals surface area contributed by atoms with Crippen LogP contribution in [0.25, 0.3) is 10.8 Å². The third-order valence-electron chi connectivity index (χ3n) is 2.83. The summed E-state index contributed by atoms with van der Waals surface area (Å²) in [5.41, 5.74) is 0.976. The van der Waals surface area contributed by atoms with Crippen LogP contribution in [0.15, 0.2) is 24.3 Å². The highest BCUT2D eigenvalue weighted by Crippen LogP contribution is 2.22. The van der Waals surface area contributed by atoms with E-state index in [0.29, 0.717) is 5.25 Å². The molecule has 0 aliphatic carbocycles. The monoisotopic (exact) mass is 247 g/mol. The molecule has 1 N–H and O–H groups in total. The Morgan fingerprint density at radius 3 is 2.65 bits per heavy atom. The smallest absolute Gasteiger partial charge is 0.156 e. The Balaban J connectivity index is 2.32. The van der Waals surface area contributed by atoms with E-state index in [1.165, 1.54) is 5.39 Å². The SMILES string of the molecule is CSC(C)CNc1nnc(C)c2ccccc12. The van der Waals surface area contributed by atoms with Gasteiger partial charge in [-0.1, -0.05) is 31.2 Å². The first kappa shape index (κ1) is 12.2. The summed E-state index contributed by atoms with van der Waals surface area (Å²) in [6.45, 7) is 5.09. The molecular formula is C13H17N3S. The fourth-order valence-corrected chi connectivity index (χ4v) is 1.94. The first-order chi connectivity index (χ1) is 8.22. The van der Waals surface area contributed by atoms with Gasteiger partial charge in [0.05, 0.1) is 5.69 Å². The van der Waals surface area contributed by atoms with Crippen LogP contribution in [-0.2, 0) is 0 Å². The molecule has 0 radical (unpaired) electrons. The second-order valence-electron chi connectivity index (χ2n) is 4.11. The Kier molecular flexibility index (Phi) is 3.84. The number of rotatable bonds is 4. The van der Waals surface area contributed by atoms with E-state index in [2.05, 4.69) is 40.8 Å². The van der Waals surface area contributed by atoms with E-state index in [4.69, 9.17) is 0 Å². The van der Waals surface area contributed by atoms with E-state index < -0.39 is 0 Å². The number of benzene rings is 1. The fraction of sp³-hybridized carbons (Fsp3) is 0.385. The molecule has 0 aliphatic heterocycles. The highest BCUT2D eigenvalue weighted by Gasteiger charge is 2.06. The summed E-state index contributed by atoms with van der Waals surface area (Å²) in [4.78, 5) is 0. The molecule has 0 bridgehead atoms. The van der Waals surface area contributed by atoms with Gasteiger partial charge in [0.25, 0.3) is 0 Å². The number of thioether (sulfide) groups is 1. The van der Waals surface area contributed by atoms with E-state index in [1.54, 1.807) is 0 Å². The van der Waals surface area contributed by atoms with E-state index in [0.717, 1.165) is 23.4 Å². The van der Waals surface area contributed by atoms with Crippen molar-refractivity contribution >= 4 is 28.4 Å². The van der Waals surface area contributed by atoms with Crippen LogP contribution >= 0.6 is 11.8 Å². The van der Waals surface area contributed by atoms with Crippen LogP contribution < -0.4 is 5.32 Å². The molecule has 0 fully saturated rings. The summed E-state index contributed by atoms with van der Waals surface area (Å²) < 4.78 is 0. The van der Waals surface area contributed by atoms with Gasteiger partial charge in [-0.2, -0.15) is 16.9 Å². The first-order valence-corrected chi connectivity index (χ1v) is 7.00. The van der Waals surface area contributed by atoms with Crippen LogP contribution in [0.2, 0.25) is 0 Å². The largest absolute Gasteiger partial charge is 0.367 e. The van der Waals surface area contributed by atoms with Gasteiger partial charge in [-0.15, -0.1) is 5.10 Å². The lowest BCUT2D eigenvalue weighted by atomic mass is 10.1. The lowest BCUT2D eigenvalue weighted by Crippen LogP contribution is -2.14. The molecule has 2 rings (SSSR count). The summed E-state index contributed by atoms with van der Waals surface area (Å²) >= 11 is 1.84. The maximum absolute atomic E-state index is 4.24. The van der Waals surface area contributed by atoms with Crippen LogP contribution in [0.4, 0.5) is 5.82 Å². The topological polar surface area (TPSA) is 37.8 Å². The zero-order chi connectivity index (χ0) is 12.3. The molecule has 1 atom stereocenters. The van der Waals surface area contributed by atoms with Gasteiger partial charge in [0, 0.05) is 22.6 Å². The second-order valence-corrected chi connectivity index (χ2v) is 5.38. The molecule has 90 valence electrons. The van der Waals surface area contributed by atoms with Crippen LogP contribution in [0.3, 0.4) is 0 Å². The van der Waals surface area contributed by atoms with Gasteiger partial charge in [0.2, 0.25) is 0 Å². The van der Waals surface area contributed by atoms with Crippen molar-refractivity contribution in [3.05, 3.63) is 30.0 Å². The lowest BCUT2D eigenvalue weighted by Gasteiger charge is -2.12. The van der Waals surface area contributed by atoms with Gasteiger partial charge < -0.3 is 5.32 Å². The summed E-state index contributed by atoms with van der Waals surface area (Å²) in [5.74, 6) is 0.882. The highest BCUT2D eigenvalue weighted by atomic mass is 32.2. The minimum Gasteiger partial charge on any atom is -0.367 e. The predicted octanol–water partition coefficient (Wildman–Crippen LogP) is 3.10. The van der Waals surface area contributed by atoms with Crippen molar-refractivity contribution in [2.45, 2.75) is 19.1 Å². The Morgan fingerprint density at radius 2 is 1.94 bits per heavy atom. The molecule has 2 aromatic rings. The Hall–Kier alpha value is -1.29. The highest BCUT2D eigenvalue weighted by molar-refractivity contribution is 7.99. The van der Waals surface area contributed by atoms with Gasteiger partial charge in [-0.05, 0) is 13.2 Å². The molecule has 4 heteroatoms. The number of anilines is 1. The third-order valence-corrected chi connectivity index (χ3v) is 3.80. The van der Waals surface area contributed by atoms with Crippen LogP contribution in [0.5, 0.6) is 0 Å². The zero-order valence-corrected chi connectivity index (χ0v) is 11.2. The van der Waals surface area contributed by atoms with Gasteiger partial charge in [-0.25, -0.2) is 0 Å². The number of fused-ring (bicyclic) bond motifs is 1. The Bertz CT molecular complexity index is 513. The summed E-state index contributed by atoms with van der Waals surface area (Å²) in [7, 11) is 0. The molecule has 0 aliphatic rings. The van der Waals surface area contributed by atoms with Crippen molar-refractivity contribution in [3.63, 3.8) is 0 Å². The van der Waals surface area contributed by atoms with Crippen molar-refractivity contribution < 1.29 is 0 Å². The second kappa shape index (κ2) is 5.36. The standard InChI is InChI=1S/C13H17N3S/c1-9(17-3)8-14-13-12-7-5-4-6-11(12)10(2)15-16-13/h4-7,9H,8H2,1-3H3,(H,14,16). The number of hydrogen-bond acceptors (Lipinski definition) is 4. The minimum atomic E-state index is 0.567. The van der Waals surface area contributed by atoms with Gasteiger partial charge in [0.15, 0.2) is 5.82 Å². The number of aryl methyl sites for hydroxylation is 1. The summed E-state index contributed by atoms with van der Waals surface area (Å²) in [5, 5.41) is 14.7. The molecule has 3 nitrogen and oxygen atoms in total. The molecule has 0 amide bonds. The molecular weight excluding hydrogens is 230 g/mol. The van der Waals surface area contributed by atoms with Crippen molar-refractivity contribution in [1.29, 1.82) is 0 Å². The van der Waals surface area contributed by atoms with Crippen molar-refractivity contribution in [2.75, 3.05) is 18.1 Å². The van der Waals surface area contributed by atoms with Crippen molar-refractivity contribution in [1.82, 2.24) is 10.2 Å². The van der Waals surface area contributed by atoms with E-state index in [1.807, 2.05) is 30.8 Å². The molecule has 0 spiro atoms. The molecule has 1 aromatic carbocycles. The first-order valence-electron chi connectivity index (χ1n) is 5.71. The molecule has 0 saturated heterocycles. The average molecular weight is 247 g/mol. The predicted molar refractivity (Wildman–Crippen MR) is 75.7 cm³/mol. The Labute approximate surface area is 106 Å². The lowest BCUT2D eigenvalue weighted by molar-refractivity contribution is 0.953. The molecule has 0 saturated carbocycles. The Morgan fingerprint density at radius 1 is 1.24 bits per heavy atom. The normalized spacial score (nSPS) is 12.6. The van der Waals surface area contributed by atoms with Gasteiger partial charge in [-0.3, -0.25) is 0 Å². The van der Waals surface area contributed by atoms with Gasteiger partial charge in [0.1, 0.15) is 0 Å². The molecule has 1 aromatic heterocycles. The number of nitrogens with one attached hydrogen (secondary N) is 1. The van der Waals surface area contributed by atoms with Crippen LogP contribution in [0.1, 0.15) is 12.6 Å². The fourth-order valence-electron chi connectivity index (χ4n) is 1.69. The van der Waals surface area contributed by atoms with Crippen molar-refractivity contribution in [2.24, 2.45) is 0 Å². The number of hydrogen-bond donors (Lipinski definition) is 1. The third kappa shape index (κ3) is 2.69. The van der Waals surface area contributed by atoms with E-state index in [9.17, 15) is 0 Å². The maximum atomic E-state index is 4.24. The van der Waals surface area contributed by atoms with E-state index >= 15 is 0 Å². The molecule has 1 unspecified atom stereocenters.